The van der Waals surface area contributed by atoms with Crippen LogP contribution in [-0.4, -0.2) is 31.3 Å². The molecule has 0 radical (unpaired) electrons. The van der Waals surface area contributed by atoms with E-state index in [9.17, 15) is 8.42 Å². The van der Waals surface area contributed by atoms with Gasteiger partial charge < -0.3 is 5.73 Å². The average Bonchev–Trinajstić information content (AvgIpc) is 2.15. The summed E-state index contributed by atoms with van der Waals surface area (Å²) in [4.78, 5) is 3.85. The van der Waals surface area contributed by atoms with Crippen LogP contribution in [0, 0.1) is 5.41 Å². The summed E-state index contributed by atoms with van der Waals surface area (Å²) in [5.41, 5.74) is 5.69. The summed E-state index contributed by atoms with van der Waals surface area (Å²) in [6, 6.07) is 3.14. The van der Waals surface area contributed by atoms with Gasteiger partial charge in [-0.1, -0.05) is 20.8 Å². The van der Waals surface area contributed by atoms with Gasteiger partial charge in [-0.2, -0.15) is 4.31 Å². The first-order chi connectivity index (χ1) is 7.64. The summed E-state index contributed by atoms with van der Waals surface area (Å²) in [5, 5.41) is -0.0771. The lowest BCUT2D eigenvalue weighted by Gasteiger charge is -2.25. The van der Waals surface area contributed by atoms with Crippen molar-refractivity contribution in [3.63, 3.8) is 0 Å². The lowest BCUT2D eigenvalue weighted by atomic mass is 9.97. The number of nitrogen functional groups attached to an aromatic ring is 1. The second kappa shape index (κ2) is 4.62. The van der Waals surface area contributed by atoms with E-state index in [-0.39, 0.29) is 16.1 Å². The summed E-state index contributed by atoms with van der Waals surface area (Å²) < 4.78 is 25.7. The number of hydrogen-bond acceptors (Lipinski definition) is 4. The smallest absolute Gasteiger partial charge is 0.262 e. The quantitative estimate of drug-likeness (QED) is 0.886. The van der Waals surface area contributed by atoms with Crippen molar-refractivity contribution in [1.82, 2.24) is 9.29 Å². The molecule has 5 nitrogen and oxygen atoms in total. The Labute approximate surface area is 103 Å². The van der Waals surface area contributed by atoms with Crippen LogP contribution in [0.2, 0.25) is 0 Å². The van der Waals surface area contributed by atoms with Crippen molar-refractivity contribution in [1.29, 1.82) is 0 Å². The van der Waals surface area contributed by atoms with E-state index < -0.39 is 10.0 Å². The van der Waals surface area contributed by atoms with E-state index in [2.05, 4.69) is 4.98 Å². The first-order valence-corrected chi connectivity index (χ1v) is 6.75. The summed E-state index contributed by atoms with van der Waals surface area (Å²) in [6.45, 7) is 6.33. The Morgan fingerprint density at radius 2 is 2.00 bits per heavy atom. The largest absolute Gasteiger partial charge is 0.396 e. The van der Waals surface area contributed by atoms with Crippen LogP contribution in [0.25, 0.3) is 0 Å². The molecular weight excluding hydrogens is 238 g/mol. The Balaban J connectivity index is 3.09. The lowest BCUT2D eigenvalue weighted by molar-refractivity contribution is 0.310. The SMILES string of the molecule is CN(CC(C)(C)C)S(=O)(=O)c1ncccc1N. The molecule has 17 heavy (non-hydrogen) atoms. The Bertz CT molecular complexity index is 492. The molecule has 96 valence electrons. The van der Waals surface area contributed by atoms with Crippen LogP contribution in [0.5, 0.6) is 0 Å². The highest BCUT2D eigenvalue weighted by atomic mass is 32.2. The summed E-state index contributed by atoms with van der Waals surface area (Å²) in [7, 11) is -2.07. The third-order valence-corrected chi connectivity index (χ3v) is 3.93. The zero-order valence-corrected chi connectivity index (χ0v) is 11.5. The van der Waals surface area contributed by atoms with E-state index in [1.807, 2.05) is 20.8 Å². The molecule has 1 heterocycles. The van der Waals surface area contributed by atoms with Crippen LogP contribution in [0.15, 0.2) is 23.4 Å². The van der Waals surface area contributed by atoms with Gasteiger partial charge in [0, 0.05) is 19.8 Å². The minimum absolute atomic E-state index is 0.0771. The summed E-state index contributed by atoms with van der Waals surface area (Å²) in [6.07, 6.45) is 1.42. The number of aromatic nitrogens is 1. The van der Waals surface area contributed by atoms with Gasteiger partial charge in [0.1, 0.15) is 0 Å². The third kappa shape index (κ3) is 3.41. The second-order valence-corrected chi connectivity index (χ2v) is 7.18. The maximum Gasteiger partial charge on any atom is 0.262 e. The maximum absolute atomic E-state index is 12.2. The molecule has 0 amide bonds. The van der Waals surface area contributed by atoms with Crippen molar-refractivity contribution in [2.24, 2.45) is 5.41 Å². The highest BCUT2D eigenvalue weighted by Gasteiger charge is 2.27. The lowest BCUT2D eigenvalue weighted by Crippen LogP contribution is -2.35. The van der Waals surface area contributed by atoms with E-state index in [0.717, 1.165) is 0 Å². The van der Waals surface area contributed by atoms with Gasteiger partial charge in [0.05, 0.1) is 5.69 Å². The first kappa shape index (κ1) is 13.9. The molecule has 0 saturated carbocycles. The van der Waals surface area contributed by atoms with Crippen molar-refractivity contribution in [3.05, 3.63) is 18.3 Å². The van der Waals surface area contributed by atoms with Crippen LogP contribution in [0.3, 0.4) is 0 Å². The molecule has 2 N–H and O–H groups in total. The summed E-state index contributed by atoms with van der Waals surface area (Å²) >= 11 is 0. The topological polar surface area (TPSA) is 76.3 Å². The fourth-order valence-corrected chi connectivity index (χ4v) is 2.93. The van der Waals surface area contributed by atoms with Crippen LogP contribution < -0.4 is 5.73 Å². The van der Waals surface area contributed by atoms with Crippen LogP contribution in [0.4, 0.5) is 5.69 Å². The zero-order chi connectivity index (χ0) is 13.3. The number of sulfonamides is 1. The molecule has 0 aliphatic heterocycles. The van der Waals surface area contributed by atoms with Gasteiger partial charge in [-0.05, 0) is 17.5 Å². The Kier molecular flexibility index (Phi) is 3.78. The molecular formula is C11H19N3O2S. The molecule has 1 aromatic rings. The van der Waals surface area contributed by atoms with Gasteiger partial charge in [0.15, 0.2) is 5.03 Å². The van der Waals surface area contributed by atoms with Crippen molar-refractivity contribution in [2.45, 2.75) is 25.8 Å². The minimum atomic E-state index is -3.61. The van der Waals surface area contributed by atoms with E-state index in [1.54, 1.807) is 6.07 Å². The van der Waals surface area contributed by atoms with Gasteiger partial charge in [0.2, 0.25) is 0 Å². The second-order valence-electron chi connectivity index (χ2n) is 5.22. The van der Waals surface area contributed by atoms with Gasteiger partial charge >= 0.3 is 0 Å². The van der Waals surface area contributed by atoms with Crippen molar-refractivity contribution >= 4 is 15.7 Å². The minimum Gasteiger partial charge on any atom is -0.396 e. The third-order valence-electron chi connectivity index (χ3n) is 2.15. The first-order valence-electron chi connectivity index (χ1n) is 5.31. The van der Waals surface area contributed by atoms with E-state index >= 15 is 0 Å². The molecule has 0 fully saturated rings. The molecule has 0 bridgehead atoms. The molecule has 1 aromatic heterocycles. The molecule has 0 aromatic carbocycles. The van der Waals surface area contributed by atoms with Gasteiger partial charge in [-0.25, -0.2) is 13.4 Å². The average molecular weight is 257 g/mol. The fourth-order valence-electron chi connectivity index (χ4n) is 1.52. The van der Waals surface area contributed by atoms with Crippen LogP contribution in [0.1, 0.15) is 20.8 Å². The Morgan fingerprint density at radius 3 is 2.47 bits per heavy atom. The van der Waals surface area contributed by atoms with Gasteiger partial charge in [-0.15, -0.1) is 0 Å². The predicted octanol–water partition coefficient (Wildman–Crippen LogP) is 1.33. The molecule has 1 rings (SSSR count). The maximum atomic E-state index is 12.2. The predicted molar refractivity (Wildman–Crippen MR) is 67.9 cm³/mol. The number of hydrogen-bond donors (Lipinski definition) is 1. The normalized spacial score (nSPS) is 13.0. The Morgan fingerprint density at radius 1 is 1.41 bits per heavy atom. The monoisotopic (exact) mass is 257 g/mol. The highest BCUT2D eigenvalue weighted by Crippen LogP contribution is 2.22. The van der Waals surface area contributed by atoms with E-state index in [1.165, 1.54) is 23.6 Å². The van der Waals surface area contributed by atoms with E-state index in [0.29, 0.717) is 6.54 Å². The van der Waals surface area contributed by atoms with Crippen LogP contribution in [-0.2, 0) is 10.0 Å². The summed E-state index contributed by atoms with van der Waals surface area (Å²) in [5.74, 6) is 0. The molecule has 0 atom stereocenters. The van der Waals surface area contributed by atoms with Crippen molar-refractivity contribution < 1.29 is 8.42 Å². The number of nitrogens with two attached hydrogens (primary N) is 1. The van der Waals surface area contributed by atoms with Crippen molar-refractivity contribution in [3.8, 4) is 0 Å². The molecule has 0 saturated heterocycles. The standard InChI is InChI=1S/C11H19N3O2S/c1-11(2,3)8-14(4)17(15,16)10-9(12)6-5-7-13-10/h5-7H,8,12H2,1-4H3. The number of rotatable bonds is 3. The zero-order valence-electron chi connectivity index (χ0n) is 10.6. The number of anilines is 1. The Hall–Kier alpha value is -1.14. The number of pyridine rings is 1. The fraction of sp³-hybridized carbons (Fsp3) is 0.545. The van der Waals surface area contributed by atoms with Gasteiger partial charge in [0.25, 0.3) is 10.0 Å². The van der Waals surface area contributed by atoms with E-state index in [4.69, 9.17) is 5.73 Å². The number of nitrogens with zero attached hydrogens (tertiary/aromatic N) is 2. The molecule has 0 unspecified atom stereocenters. The highest BCUT2D eigenvalue weighted by molar-refractivity contribution is 7.89. The van der Waals surface area contributed by atoms with Gasteiger partial charge in [-0.3, -0.25) is 0 Å². The molecule has 0 spiro atoms. The molecule has 0 aliphatic rings. The van der Waals surface area contributed by atoms with Crippen molar-refractivity contribution in [2.75, 3.05) is 19.3 Å². The van der Waals surface area contributed by atoms with Crippen LogP contribution >= 0.6 is 0 Å². The molecule has 6 heteroatoms. The molecule has 0 aliphatic carbocycles.